The van der Waals surface area contributed by atoms with E-state index in [0.717, 1.165) is 11.3 Å². The minimum Gasteiger partial charge on any atom is -0.374 e. The molecule has 0 unspecified atom stereocenters. The van der Waals surface area contributed by atoms with Crippen LogP contribution in [-0.2, 0) is 17.5 Å². The van der Waals surface area contributed by atoms with Gasteiger partial charge in [-0.25, -0.2) is 4.98 Å². The molecule has 37 heavy (non-hydrogen) atoms. The number of aromatic nitrogens is 6. The van der Waals surface area contributed by atoms with Gasteiger partial charge in [0.05, 0.1) is 48.1 Å². The lowest BCUT2D eigenvalue weighted by molar-refractivity contribution is -0.159. The molecule has 2 fully saturated rings. The van der Waals surface area contributed by atoms with Crippen LogP contribution in [-0.4, -0.2) is 66.4 Å². The van der Waals surface area contributed by atoms with E-state index in [1.165, 1.54) is 36.1 Å². The fraction of sp³-hybridized carbons (Fsp3) is 0.318. The van der Waals surface area contributed by atoms with Crippen LogP contribution >= 0.6 is 11.3 Å². The Bertz CT molecular complexity index is 1430. The fourth-order valence-corrected chi connectivity index (χ4v) is 5.23. The van der Waals surface area contributed by atoms with Gasteiger partial charge in [0.25, 0.3) is 5.91 Å². The number of halogens is 3. The highest BCUT2D eigenvalue weighted by atomic mass is 32.1. The SMILES string of the molecule is O=C(c1cnnc(N(Cc2ccc(-c3noc(C(F)(F)F)n3)s2)c2cnccn2)c1)N1C[C@@H]2C[C@H]1CO2. The van der Waals surface area contributed by atoms with Crippen molar-refractivity contribution in [2.24, 2.45) is 0 Å². The van der Waals surface area contributed by atoms with Gasteiger partial charge in [-0.2, -0.15) is 23.3 Å². The van der Waals surface area contributed by atoms with Gasteiger partial charge in [-0.1, -0.05) is 5.16 Å². The molecule has 2 saturated heterocycles. The molecule has 6 rings (SSSR count). The van der Waals surface area contributed by atoms with E-state index >= 15 is 0 Å². The Kier molecular flexibility index (Phi) is 5.79. The molecule has 190 valence electrons. The molecule has 0 aromatic carbocycles. The number of rotatable bonds is 6. The second-order valence-electron chi connectivity index (χ2n) is 8.44. The monoisotopic (exact) mass is 530 g/mol. The predicted molar refractivity (Wildman–Crippen MR) is 122 cm³/mol. The highest BCUT2D eigenvalue weighted by molar-refractivity contribution is 7.15. The molecule has 0 spiro atoms. The summed E-state index contributed by atoms with van der Waals surface area (Å²) >= 11 is 1.19. The molecule has 0 N–H and O–H groups in total. The average Bonchev–Trinajstić information content (AvgIpc) is 3.71. The Morgan fingerprint density at radius 1 is 1.22 bits per heavy atom. The summed E-state index contributed by atoms with van der Waals surface area (Å²) in [6.07, 6.45) is 2.17. The Morgan fingerprint density at radius 2 is 2.11 bits per heavy atom. The lowest BCUT2D eigenvalue weighted by atomic mass is 10.2. The molecular formula is C22H17F3N8O3S. The van der Waals surface area contributed by atoms with Crippen molar-refractivity contribution in [3.8, 4) is 10.7 Å². The normalized spacial score (nSPS) is 18.9. The van der Waals surface area contributed by atoms with Gasteiger partial charge >= 0.3 is 12.1 Å². The molecule has 2 atom stereocenters. The molecule has 15 heteroatoms. The first kappa shape index (κ1) is 23.4. The quantitative estimate of drug-likeness (QED) is 0.367. The second-order valence-corrected chi connectivity index (χ2v) is 9.61. The van der Waals surface area contributed by atoms with Gasteiger partial charge in [0.15, 0.2) is 11.6 Å². The van der Waals surface area contributed by atoms with Crippen molar-refractivity contribution in [2.45, 2.75) is 31.3 Å². The van der Waals surface area contributed by atoms with Crippen molar-refractivity contribution in [3.05, 3.63) is 59.3 Å². The van der Waals surface area contributed by atoms with E-state index in [2.05, 4.69) is 34.8 Å². The van der Waals surface area contributed by atoms with E-state index in [-0.39, 0.29) is 30.4 Å². The number of nitrogens with zero attached hydrogens (tertiary/aromatic N) is 8. The largest absolute Gasteiger partial charge is 0.471 e. The minimum atomic E-state index is -4.73. The van der Waals surface area contributed by atoms with E-state index in [9.17, 15) is 18.0 Å². The average molecular weight is 530 g/mol. The molecule has 11 nitrogen and oxygen atoms in total. The topological polar surface area (TPSA) is 123 Å². The second kappa shape index (κ2) is 9.15. The zero-order valence-electron chi connectivity index (χ0n) is 18.9. The third-order valence-corrected chi connectivity index (χ3v) is 7.08. The van der Waals surface area contributed by atoms with Crippen molar-refractivity contribution in [2.75, 3.05) is 18.1 Å². The lowest BCUT2D eigenvalue weighted by Crippen LogP contribution is -2.41. The summed E-state index contributed by atoms with van der Waals surface area (Å²) in [6.45, 7) is 1.29. The van der Waals surface area contributed by atoms with Crippen molar-refractivity contribution >= 4 is 28.9 Å². The molecule has 2 aliphatic heterocycles. The third kappa shape index (κ3) is 4.62. The summed E-state index contributed by atoms with van der Waals surface area (Å²) in [6, 6.07) is 5.03. The fourth-order valence-electron chi connectivity index (χ4n) is 4.31. The number of hydrogen-bond donors (Lipinski definition) is 0. The van der Waals surface area contributed by atoms with E-state index in [1.54, 1.807) is 28.0 Å². The zero-order valence-corrected chi connectivity index (χ0v) is 19.7. The van der Waals surface area contributed by atoms with Crippen LogP contribution in [0.25, 0.3) is 10.7 Å². The Hall–Kier alpha value is -3.98. The van der Waals surface area contributed by atoms with Gasteiger partial charge in [0, 0.05) is 23.8 Å². The minimum absolute atomic E-state index is 0.0535. The highest BCUT2D eigenvalue weighted by Gasteiger charge is 2.42. The zero-order chi connectivity index (χ0) is 25.6. The summed E-state index contributed by atoms with van der Waals surface area (Å²) in [4.78, 5) is 29.8. The van der Waals surface area contributed by atoms with Gasteiger partial charge in [-0.15, -0.1) is 16.4 Å². The molecule has 0 radical (unpaired) electrons. The van der Waals surface area contributed by atoms with Gasteiger partial charge in [-0.05, 0) is 24.6 Å². The molecule has 4 aromatic heterocycles. The molecule has 1 amide bonds. The van der Waals surface area contributed by atoms with Crippen molar-refractivity contribution in [3.63, 3.8) is 0 Å². The van der Waals surface area contributed by atoms with Crippen LogP contribution in [0, 0.1) is 0 Å². The lowest BCUT2D eigenvalue weighted by Gasteiger charge is -2.27. The number of morpholine rings is 1. The van der Waals surface area contributed by atoms with Gasteiger partial charge in [0.1, 0.15) is 0 Å². The van der Waals surface area contributed by atoms with E-state index in [1.807, 2.05) is 0 Å². The number of ether oxygens (including phenoxy) is 1. The van der Waals surface area contributed by atoms with Crippen molar-refractivity contribution in [1.82, 2.24) is 35.2 Å². The number of thiophene rings is 1. The van der Waals surface area contributed by atoms with Crippen LogP contribution in [0.15, 0.2) is 47.5 Å². The Morgan fingerprint density at radius 3 is 2.81 bits per heavy atom. The van der Waals surface area contributed by atoms with Crippen molar-refractivity contribution < 1.29 is 27.2 Å². The molecule has 0 aliphatic carbocycles. The van der Waals surface area contributed by atoms with Crippen LogP contribution in [0.5, 0.6) is 0 Å². The number of hydrogen-bond acceptors (Lipinski definition) is 11. The van der Waals surface area contributed by atoms with Crippen LogP contribution in [0.3, 0.4) is 0 Å². The summed E-state index contributed by atoms with van der Waals surface area (Å²) in [5.74, 6) is -0.911. The van der Waals surface area contributed by atoms with E-state index in [4.69, 9.17) is 4.74 Å². The number of amides is 1. The molecular weight excluding hydrogens is 513 g/mol. The summed E-state index contributed by atoms with van der Waals surface area (Å²) in [5, 5.41) is 11.7. The molecule has 0 saturated carbocycles. The molecule has 2 aliphatic rings. The number of fused-ring (bicyclic) bond motifs is 2. The van der Waals surface area contributed by atoms with Crippen LogP contribution < -0.4 is 4.90 Å². The predicted octanol–water partition coefficient (Wildman–Crippen LogP) is 3.35. The smallest absolute Gasteiger partial charge is 0.374 e. The number of likely N-dealkylation sites (tertiary alicyclic amines) is 1. The third-order valence-electron chi connectivity index (χ3n) is 6.02. The van der Waals surface area contributed by atoms with E-state index < -0.39 is 12.1 Å². The van der Waals surface area contributed by atoms with Gasteiger partial charge < -0.3 is 19.1 Å². The number of carbonyl (C=O) groups is 1. The first-order valence-electron chi connectivity index (χ1n) is 11.1. The Labute approximate surface area is 210 Å². The van der Waals surface area contributed by atoms with Gasteiger partial charge in [0.2, 0.25) is 5.82 Å². The van der Waals surface area contributed by atoms with Crippen LogP contribution in [0.2, 0.25) is 0 Å². The molecule has 2 bridgehead atoms. The van der Waals surface area contributed by atoms with Crippen LogP contribution in [0.4, 0.5) is 24.8 Å². The highest BCUT2D eigenvalue weighted by Crippen LogP contribution is 2.34. The Balaban J connectivity index is 1.28. The van der Waals surface area contributed by atoms with Gasteiger partial charge in [-0.3, -0.25) is 9.78 Å². The number of anilines is 2. The maximum absolute atomic E-state index is 13.2. The summed E-state index contributed by atoms with van der Waals surface area (Å²) in [5.41, 5.74) is 0.379. The van der Waals surface area contributed by atoms with Crippen LogP contribution in [0.1, 0.15) is 27.5 Å². The summed E-state index contributed by atoms with van der Waals surface area (Å²) < 4.78 is 48.5. The molecule has 4 aromatic rings. The molecule has 6 heterocycles. The number of alkyl halides is 3. The van der Waals surface area contributed by atoms with Crippen molar-refractivity contribution in [1.29, 1.82) is 0 Å². The van der Waals surface area contributed by atoms with E-state index in [0.29, 0.717) is 35.2 Å². The number of carbonyl (C=O) groups excluding carboxylic acids is 1. The standard InChI is InChI=1S/C22H17F3N8O3S/c23-22(24,25)21-29-19(31-36-21)16-2-1-15(37-16)10-33(18-8-26-3-4-27-18)17-5-12(7-28-30-17)20(34)32-9-14-6-13(32)11-35-14/h1-5,7-8,13-14H,6,9-11H2/t13-,14-/m0/s1. The summed E-state index contributed by atoms with van der Waals surface area (Å²) in [7, 11) is 0. The maximum Gasteiger partial charge on any atom is 0.471 e. The maximum atomic E-state index is 13.2. The first-order valence-corrected chi connectivity index (χ1v) is 12.0. The first-order chi connectivity index (χ1) is 17.8.